The summed E-state index contributed by atoms with van der Waals surface area (Å²) in [7, 11) is 0. The first-order chi connectivity index (χ1) is 12.3. The van der Waals surface area contributed by atoms with Crippen LogP contribution < -0.4 is 0 Å². The molecule has 3 saturated heterocycles. The van der Waals surface area contributed by atoms with Gasteiger partial charge in [0.1, 0.15) is 23.9 Å². The first kappa shape index (κ1) is 16.0. The molecule has 2 saturated carbocycles. The number of carbonyl (C=O) groups is 1. The Morgan fingerprint density at radius 3 is 2.65 bits per heavy atom. The molecule has 6 heteroatoms. The van der Waals surface area contributed by atoms with Gasteiger partial charge in [-0.1, -0.05) is 20.8 Å². The Balaban J connectivity index is 1.49. The molecule has 4 aliphatic heterocycles. The molecule has 0 aromatic heterocycles. The number of carbonyl (C=O) groups excluding carboxylic acids is 1. The Bertz CT molecular complexity index is 751. The van der Waals surface area contributed by atoms with Crippen LogP contribution in [0.2, 0.25) is 0 Å². The van der Waals surface area contributed by atoms with E-state index in [0.29, 0.717) is 13.0 Å². The summed E-state index contributed by atoms with van der Waals surface area (Å²) in [5.74, 6) is -0.218. The lowest BCUT2D eigenvalue weighted by molar-refractivity contribution is -0.373. The summed E-state index contributed by atoms with van der Waals surface area (Å²) in [6.45, 7) is 6.63. The van der Waals surface area contributed by atoms with Crippen LogP contribution in [-0.2, 0) is 19.0 Å². The van der Waals surface area contributed by atoms with Crippen molar-refractivity contribution in [1.29, 1.82) is 0 Å². The first-order valence-electron chi connectivity index (χ1n) is 9.89. The summed E-state index contributed by atoms with van der Waals surface area (Å²) < 4.78 is 18.1. The molecule has 142 valence electrons. The lowest BCUT2D eigenvalue weighted by Crippen LogP contribution is -2.83. The molecule has 2 spiro atoms. The van der Waals surface area contributed by atoms with Gasteiger partial charge in [-0.05, 0) is 24.3 Å². The molecule has 2 unspecified atom stereocenters. The van der Waals surface area contributed by atoms with Crippen molar-refractivity contribution in [3.8, 4) is 0 Å². The van der Waals surface area contributed by atoms with Crippen LogP contribution in [0.5, 0.6) is 0 Å². The van der Waals surface area contributed by atoms with Gasteiger partial charge in [0.15, 0.2) is 0 Å². The molecule has 0 aromatic carbocycles. The Morgan fingerprint density at radius 1 is 1.23 bits per heavy atom. The van der Waals surface area contributed by atoms with Crippen LogP contribution in [0.4, 0.5) is 0 Å². The molecule has 7 aliphatic rings. The number of aliphatic hydroxyl groups is 2. The third-order valence-electron chi connectivity index (χ3n) is 8.64. The SMILES string of the molecule is CC(C)C1[C@@H](O)[C@@H]2O[C@@]23[C@@]2(C)CCC4=C(COC4=O)[C@@H]2C2C[C@@]3(O2)[C@@H]1O. The van der Waals surface area contributed by atoms with E-state index in [9.17, 15) is 15.0 Å². The summed E-state index contributed by atoms with van der Waals surface area (Å²) in [5, 5.41) is 22.3. The van der Waals surface area contributed by atoms with E-state index in [1.807, 2.05) is 13.8 Å². The zero-order valence-corrected chi connectivity index (χ0v) is 15.4. The maximum atomic E-state index is 12.1. The largest absolute Gasteiger partial charge is 0.458 e. The van der Waals surface area contributed by atoms with Crippen LogP contribution in [0.15, 0.2) is 11.1 Å². The predicted octanol–water partition coefficient (Wildman–Crippen LogP) is 0.943. The molecule has 0 radical (unpaired) electrons. The van der Waals surface area contributed by atoms with E-state index in [0.717, 1.165) is 24.0 Å². The minimum absolute atomic E-state index is 0.00650. The van der Waals surface area contributed by atoms with E-state index >= 15 is 0 Å². The zero-order chi connectivity index (χ0) is 18.2. The van der Waals surface area contributed by atoms with Gasteiger partial charge in [0, 0.05) is 29.2 Å². The fourth-order valence-corrected chi connectivity index (χ4v) is 7.58. The van der Waals surface area contributed by atoms with Crippen molar-refractivity contribution >= 4 is 5.97 Å². The highest BCUT2D eigenvalue weighted by molar-refractivity contribution is 5.92. The number of aliphatic hydroxyl groups excluding tert-OH is 2. The Morgan fingerprint density at radius 2 is 1.96 bits per heavy atom. The highest BCUT2D eigenvalue weighted by atomic mass is 16.7. The molecule has 26 heavy (non-hydrogen) atoms. The highest BCUT2D eigenvalue weighted by Gasteiger charge is 2.91. The van der Waals surface area contributed by atoms with E-state index in [-0.39, 0.29) is 41.3 Å². The molecule has 5 fully saturated rings. The molecule has 0 amide bonds. The summed E-state index contributed by atoms with van der Waals surface area (Å²) in [6.07, 6.45) is 0.483. The first-order valence-corrected chi connectivity index (χ1v) is 9.89. The van der Waals surface area contributed by atoms with Crippen LogP contribution in [0, 0.1) is 23.2 Å². The van der Waals surface area contributed by atoms with Gasteiger partial charge in [0.05, 0.1) is 18.3 Å². The number of hydrogen-bond acceptors (Lipinski definition) is 6. The Hall–Kier alpha value is -0.950. The van der Waals surface area contributed by atoms with Crippen molar-refractivity contribution in [2.45, 2.75) is 75.7 Å². The standard InChI is InChI=1S/C20H26O6/c1-8(2)12-14(21)16-20(26-16)18(3)5-4-9-10(7-24-17(9)23)13(18)11-6-19(20,25-11)15(12)22/h8,11-16,21-22H,4-7H2,1-3H3/t11?,12?,13-,14-,15-,16+,18+,19-,20-/m1/s1. The van der Waals surface area contributed by atoms with Crippen LogP contribution in [0.1, 0.15) is 40.0 Å². The van der Waals surface area contributed by atoms with E-state index < -0.39 is 23.4 Å². The Kier molecular flexibility index (Phi) is 2.70. The lowest BCUT2D eigenvalue weighted by atomic mass is 9.41. The second-order valence-electron chi connectivity index (χ2n) is 9.76. The molecule has 0 aromatic rings. The van der Waals surface area contributed by atoms with Crippen LogP contribution in [-0.4, -0.2) is 58.4 Å². The van der Waals surface area contributed by atoms with E-state index in [2.05, 4.69) is 6.92 Å². The smallest absolute Gasteiger partial charge is 0.334 e. The quantitative estimate of drug-likeness (QED) is 0.533. The second-order valence-corrected chi connectivity index (χ2v) is 9.76. The average Bonchev–Trinajstić information content (AvgIpc) is 3.19. The summed E-state index contributed by atoms with van der Waals surface area (Å²) in [6, 6.07) is 0. The zero-order valence-electron chi connectivity index (χ0n) is 15.4. The number of rotatable bonds is 1. The van der Waals surface area contributed by atoms with Crippen molar-refractivity contribution in [2.75, 3.05) is 6.61 Å². The molecule has 6 nitrogen and oxygen atoms in total. The maximum absolute atomic E-state index is 12.1. The number of esters is 1. The van der Waals surface area contributed by atoms with E-state index in [4.69, 9.17) is 14.2 Å². The van der Waals surface area contributed by atoms with Crippen LogP contribution in [0.3, 0.4) is 0 Å². The van der Waals surface area contributed by atoms with Crippen LogP contribution in [0.25, 0.3) is 0 Å². The minimum Gasteiger partial charge on any atom is -0.458 e. The maximum Gasteiger partial charge on any atom is 0.334 e. The third kappa shape index (κ3) is 1.35. The van der Waals surface area contributed by atoms with Crippen molar-refractivity contribution in [2.24, 2.45) is 23.2 Å². The normalized spacial score (nSPS) is 59.1. The molecular weight excluding hydrogens is 336 g/mol. The van der Waals surface area contributed by atoms with Gasteiger partial charge in [0.25, 0.3) is 0 Å². The summed E-state index contributed by atoms with van der Waals surface area (Å²) in [5.41, 5.74) is 0.258. The lowest BCUT2D eigenvalue weighted by Gasteiger charge is -2.71. The average molecular weight is 362 g/mol. The van der Waals surface area contributed by atoms with Gasteiger partial charge in [-0.3, -0.25) is 0 Å². The number of hydrogen-bond donors (Lipinski definition) is 2. The molecule has 4 heterocycles. The fraction of sp³-hybridized carbons (Fsp3) is 0.850. The molecule has 7 rings (SSSR count). The number of cyclic esters (lactones) is 1. The minimum atomic E-state index is -0.734. The van der Waals surface area contributed by atoms with E-state index in [1.165, 1.54) is 0 Å². The highest BCUT2D eigenvalue weighted by Crippen LogP contribution is 2.78. The molecular formula is C20H26O6. The van der Waals surface area contributed by atoms with Gasteiger partial charge < -0.3 is 24.4 Å². The van der Waals surface area contributed by atoms with Crippen molar-refractivity contribution in [1.82, 2.24) is 0 Å². The van der Waals surface area contributed by atoms with Gasteiger partial charge in [-0.15, -0.1) is 0 Å². The van der Waals surface area contributed by atoms with Crippen LogP contribution >= 0.6 is 0 Å². The number of ether oxygens (including phenoxy) is 3. The Labute approximate surface area is 152 Å². The topological polar surface area (TPSA) is 88.5 Å². The van der Waals surface area contributed by atoms with E-state index in [1.54, 1.807) is 0 Å². The van der Waals surface area contributed by atoms with Crippen molar-refractivity contribution < 1.29 is 29.2 Å². The predicted molar refractivity (Wildman–Crippen MR) is 89.0 cm³/mol. The fourth-order valence-electron chi connectivity index (χ4n) is 7.58. The van der Waals surface area contributed by atoms with Crippen molar-refractivity contribution in [3.05, 3.63) is 11.1 Å². The summed E-state index contributed by atoms with van der Waals surface area (Å²) in [4.78, 5) is 12.1. The van der Waals surface area contributed by atoms with Gasteiger partial charge in [-0.2, -0.15) is 0 Å². The molecule has 3 aliphatic carbocycles. The molecule has 2 N–H and O–H groups in total. The summed E-state index contributed by atoms with van der Waals surface area (Å²) >= 11 is 0. The van der Waals surface area contributed by atoms with Gasteiger partial charge in [-0.25, -0.2) is 4.79 Å². The van der Waals surface area contributed by atoms with Crippen molar-refractivity contribution in [3.63, 3.8) is 0 Å². The monoisotopic (exact) mass is 362 g/mol. The number of epoxide rings is 1. The third-order valence-corrected chi connectivity index (χ3v) is 8.64. The second kappa shape index (κ2) is 4.37. The van der Waals surface area contributed by atoms with Gasteiger partial charge in [0.2, 0.25) is 0 Å². The molecule has 2 bridgehead atoms. The molecule has 9 atom stereocenters. The van der Waals surface area contributed by atoms with Gasteiger partial charge >= 0.3 is 5.97 Å².